The number of para-hydroxylation sites is 1. The molecule has 2 aromatic rings. The lowest BCUT2D eigenvalue weighted by Crippen LogP contribution is -2.22. The Morgan fingerprint density at radius 2 is 1.79 bits per heavy atom. The smallest absolute Gasteiger partial charge is 0.245 e. The van der Waals surface area contributed by atoms with E-state index >= 15 is 0 Å². The van der Waals surface area contributed by atoms with Crippen LogP contribution in [0.2, 0.25) is 0 Å². The second-order valence-electron chi connectivity index (χ2n) is 5.63. The molecule has 1 heterocycles. The third-order valence-corrected chi connectivity index (χ3v) is 4.32. The molecule has 0 saturated carbocycles. The Morgan fingerprint density at radius 1 is 1.08 bits per heavy atom. The molecule has 0 saturated heterocycles. The zero-order valence-electron chi connectivity index (χ0n) is 14.1. The Balaban J connectivity index is 1.85. The summed E-state index contributed by atoms with van der Waals surface area (Å²) < 4.78 is 0. The van der Waals surface area contributed by atoms with E-state index in [2.05, 4.69) is 15.8 Å². The maximum absolute atomic E-state index is 12.1. The van der Waals surface area contributed by atoms with Crippen LogP contribution in [0, 0.1) is 13.8 Å². The summed E-state index contributed by atoms with van der Waals surface area (Å²) in [7, 11) is 0. The standard InChI is InChI=1S/C18H21N3O2S/c1-12-6-4-7-13(2)18(12)19-16(22)10-14(3)20-21-17(23)11-15-8-5-9-24-15/h4-9H,10-11H2,1-3H3,(H,19,22)(H,21,23). The van der Waals surface area contributed by atoms with Crippen LogP contribution >= 0.6 is 11.3 Å². The molecule has 0 aliphatic rings. The highest BCUT2D eigenvalue weighted by Crippen LogP contribution is 2.19. The summed E-state index contributed by atoms with van der Waals surface area (Å²) in [6.45, 7) is 5.62. The Labute approximate surface area is 145 Å². The molecule has 2 N–H and O–H groups in total. The molecule has 0 unspecified atom stereocenters. The van der Waals surface area contributed by atoms with Gasteiger partial charge in [-0.1, -0.05) is 24.3 Å². The molecule has 0 aliphatic heterocycles. The van der Waals surface area contributed by atoms with Gasteiger partial charge in [-0.2, -0.15) is 5.10 Å². The molecule has 126 valence electrons. The van der Waals surface area contributed by atoms with Gasteiger partial charge in [-0.05, 0) is 43.3 Å². The number of thiophene rings is 1. The van der Waals surface area contributed by atoms with E-state index in [4.69, 9.17) is 0 Å². The molecule has 0 aliphatic carbocycles. The first-order chi connectivity index (χ1) is 11.5. The molecule has 1 aromatic carbocycles. The zero-order valence-corrected chi connectivity index (χ0v) is 14.9. The highest BCUT2D eigenvalue weighted by Gasteiger charge is 2.09. The van der Waals surface area contributed by atoms with Crippen molar-refractivity contribution in [1.29, 1.82) is 0 Å². The fourth-order valence-corrected chi connectivity index (χ4v) is 2.94. The van der Waals surface area contributed by atoms with E-state index in [0.29, 0.717) is 12.1 Å². The van der Waals surface area contributed by atoms with Gasteiger partial charge in [0.05, 0.1) is 12.8 Å². The minimum absolute atomic E-state index is 0.132. The highest BCUT2D eigenvalue weighted by atomic mass is 32.1. The molecule has 24 heavy (non-hydrogen) atoms. The first-order valence-corrected chi connectivity index (χ1v) is 8.54. The van der Waals surface area contributed by atoms with Crippen molar-refractivity contribution in [2.24, 2.45) is 5.10 Å². The van der Waals surface area contributed by atoms with Crippen LogP contribution in [0.15, 0.2) is 40.8 Å². The predicted octanol–water partition coefficient (Wildman–Crippen LogP) is 3.43. The van der Waals surface area contributed by atoms with E-state index in [1.165, 1.54) is 11.3 Å². The van der Waals surface area contributed by atoms with Crippen LogP contribution in [-0.2, 0) is 16.0 Å². The molecule has 2 rings (SSSR count). The lowest BCUT2D eigenvalue weighted by molar-refractivity contribution is -0.120. The number of hydrazone groups is 1. The fourth-order valence-electron chi connectivity index (χ4n) is 2.24. The predicted molar refractivity (Wildman–Crippen MR) is 98.4 cm³/mol. The molecule has 5 nitrogen and oxygen atoms in total. The van der Waals surface area contributed by atoms with E-state index in [1.54, 1.807) is 6.92 Å². The van der Waals surface area contributed by atoms with Crippen LogP contribution < -0.4 is 10.7 Å². The SMILES string of the molecule is CC(CC(=O)Nc1c(C)cccc1C)=NNC(=O)Cc1cccs1. The molecule has 2 amide bonds. The number of hydrogen-bond donors (Lipinski definition) is 2. The van der Waals surface area contributed by atoms with Crippen molar-refractivity contribution in [3.8, 4) is 0 Å². The van der Waals surface area contributed by atoms with Crippen LogP contribution in [-0.4, -0.2) is 17.5 Å². The van der Waals surface area contributed by atoms with Crippen LogP contribution in [0.5, 0.6) is 0 Å². The quantitative estimate of drug-likeness (QED) is 0.623. The number of aryl methyl sites for hydroxylation is 2. The molecule has 0 bridgehead atoms. The number of hydrogen-bond acceptors (Lipinski definition) is 4. The highest BCUT2D eigenvalue weighted by molar-refractivity contribution is 7.10. The first kappa shape index (κ1) is 17.9. The summed E-state index contributed by atoms with van der Waals surface area (Å²) >= 11 is 1.53. The van der Waals surface area contributed by atoms with E-state index in [1.807, 2.05) is 49.6 Å². The number of amides is 2. The Bertz CT molecular complexity index is 731. The first-order valence-electron chi connectivity index (χ1n) is 7.66. The van der Waals surface area contributed by atoms with Crippen molar-refractivity contribution < 1.29 is 9.59 Å². The average Bonchev–Trinajstić information content (AvgIpc) is 3.02. The van der Waals surface area contributed by atoms with Crippen molar-refractivity contribution in [2.45, 2.75) is 33.6 Å². The number of rotatable bonds is 6. The van der Waals surface area contributed by atoms with Crippen molar-refractivity contribution in [2.75, 3.05) is 5.32 Å². The lowest BCUT2D eigenvalue weighted by atomic mass is 10.1. The third-order valence-electron chi connectivity index (χ3n) is 3.45. The monoisotopic (exact) mass is 343 g/mol. The van der Waals surface area contributed by atoms with E-state index < -0.39 is 0 Å². The molecule has 1 aromatic heterocycles. The second kappa shape index (κ2) is 8.40. The van der Waals surface area contributed by atoms with Crippen LogP contribution in [0.25, 0.3) is 0 Å². The van der Waals surface area contributed by atoms with Crippen molar-refractivity contribution >= 4 is 34.6 Å². The lowest BCUT2D eigenvalue weighted by Gasteiger charge is -2.11. The van der Waals surface area contributed by atoms with Crippen LogP contribution in [0.1, 0.15) is 29.3 Å². The van der Waals surface area contributed by atoms with Crippen LogP contribution in [0.4, 0.5) is 5.69 Å². The van der Waals surface area contributed by atoms with Gasteiger partial charge in [0, 0.05) is 16.3 Å². The number of benzene rings is 1. The van der Waals surface area contributed by atoms with Gasteiger partial charge in [0.1, 0.15) is 0 Å². The van der Waals surface area contributed by atoms with E-state index in [9.17, 15) is 9.59 Å². The van der Waals surface area contributed by atoms with E-state index in [0.717, 1.165) is 21.7 Å². The van der Waals surface area contributed by atoms with Gasteiger partial charge < -0.3 is 5.32 Å². The summed E-state index contributed by atoms with van der Waals surface area (Å²) in [6.07, 6.45) is 0.427. The maximum atomic E-state index is 12.1. The number of nitrogens with zero attached hydrogens (tertiary/aromatic N) is 1. The van der Waals surface area contributed by atoms with Gasteiger partial charge in [0.25, 0.3) is 0 Å². The number of nitrogens with one attached hydrogen (secondary N) is 2. The second-order valence-corrected chi connectivity index (χ2v) is 6.66. The number of anilines is 1. The van der Waals surface area contributed by atoms with Crippen molar-refractivity contribution in [3.63, 3.8) is 0 Å². The fraction of sp³-hybridized carbons (Fsp3) is 0.278. The minimum atomic E-state index is -0.188. The molecular weight excluding hydrogens is 322 g/mol. The van der Waals surface area contributed by atoms with E-state index in [-0.39, 0.29) is 18.2 Å². The zero-order chi connectivity index (χ0) is 17.5. The largest absolute Gasteiger partial charge is 0.325 e. The van der Waals surface area contributed by atoms with Crippen molar-refractivity contribution in [1.82, 2.24) is 5.43 Å². The molecule has 6 heteroatoms. The molecule has 0 fully saturated rings. The van der Waals surface area contributed by atoms with Crippen molar-refractivity contribution in [3.05, 3.63) is 51.7 Å². The van der Waals surface area contributed by atoms with Gasteiger partial charge in [-0.15, -0.1) is 11.3 Å². The Kier molecular flexibility index (Phi) is 6.26. The number of carbonyl (C=O) groups excluding carboxylic acids is 2. The average molecular weight is 343 g/mol. The van der Waals surface area contributed by atoms with Gasteiger partial charge in [-0.3, -0.25) is 9.59 Å². The molecule has 0 atom stereocenters. The summed E-state index contributed by atoms with van der Waals surface area (Å²) in [4.78, 5) is 24.9. The van der Waals surface area contributed by atoms with Crippen LogP contribution in [0.3, 0.4) is 0 Å². The Hall–Kier alpha value is -2.47. The molecule has 0 radical (unpaired) electrons. The molecular formula is C18H21N3O2S. The number of carbonyl (C=O) groups is 2. The summed E-state index contributed by atoms with van der Waals surface area (Å²) in [5, 5.41) is 8.82. The maximum Gasteiger partial charge on any atom is 0.245 e. The summed E-state index contributed by atoms with van der Waals surface area (Å²) in [6, 6.07) is 9.66. The third kappa shape index (κ3) is 5.31. The minimum Gasteiger partial charge on any atom is -0.325 e. The van der Waals surface area contributed by atoms with Gasteiger partial charge >= 0.3 is 0 Å². The summed E-state index contributed by atoms with van der Waals surface area (Å²) in [5.74, 6) is -0.340. The topological polar surface area (TPSA) is 70.6 Å². The van der Waals surface area contributed by atoms with Gasteiger partial charge in [0.15, 0.2) is 0 Å². The summed E-state index contributed by atoms with van der Waals surface area (Å²) in [5.41, 5.74) is 5.90. The molecule has 0 spiro atoms. The van der Waals surface area contributed by atoms with Gasteiger partial charge in [0.2, 0.25) is 11.8 Å². The Morgan fingerprint density at radius 3 is 2.42 bits per heavy atom. The normalized spacial score (nSPS) is 11.2. The van der Waals surface area contributed by atoms with Gasteiger partial charge in [-0.25, -0.2) is 5.43 Å².